The van der Waals surface area contributed by atoms with Gasteiger partial charge in [-0.05, 0) is 25.1 Å². The lowest BCUT2D eigenvalue weighted by atomic mass is 10.2. The zero-order valence-corrected chi connectivity index (χ0v) is 14.3. The van der Waals surface area contributed by atoms with Crippen molar-refractivity contribution in [1.82, 2.24) is 9.62 Å². The van der Waals surface area contributed by atoms with Gasteiger partial charge in [0.15, 0.2) is 0 Å². The first kappa shape index (κ1) is 18.3. The van der Waals surface area contributed by atoms with Crippen LogP contribution in [-0.4, -0.2) is 32.9 Å². The van der Waals surface area contributed by atoms with Crippen LogP contribution in [0.15, 0.2) is 17.0 Å². The van der Waals surface area contributed by atoms with E-state index < -0.39 is 10.0 Å². The van der Waals surface area contributed by atoms with Crippen molar-refractivity contribution in [3.05, 3.63) is 27.7 Å². The summed E-state index contributed by atoms with van der Waals surface area (Å²) in [5.41, 5.74) is 0.571. The average molecular weight is 349 g/mol. The van der Waals surface area contributed by atoms with Crippen molar-refractivity contribution in [1.29, 1.82) is 0 Å². The van der Waals surface area contributed by atoms with E-state index in [9.17, 15) is 8.42 Å². The molecule has 0 radical (unpaired) electrons. The first-order chi connectivity index (χ1) is 9.86. The Kier molecular flexibility index (Phi) is 6.98. The van der Waals surface area contributed by atoms with Gasteiger partial charge in [-0.1, -0.05) is 36.0 Å². The Hall–Kier alpha value is -0.770. The van der Waals surface area contributed by atoms with Gasteiger partial charge in [0, 0.05) is 24.2 Å². The van der Waals surface area contributed by atoms with Crippen molar-refractivity contribution in [2.24, 2.45) is 0 Å². The van der Waals surface area contributed by atoms with Crippen LogP contribution in [0.1, 0.15) is 18.9 Å². The number of nitrogens with zero attached hydrogens (tertiary/aromatic N) is 1. The number of benzene rings is 1. The zero-order chi connectivity index (χ0) is 16.0. The first-order valence-corrected chi connectivity index (χ1v) is 8.63. The summed E-state index contributed by atoms with van der Waals surface area (Å²) in [6.07, 6.45) is 6.11. The van der Waals surface area contributed by atoms with E-state index in [1.54, 1.807) is 0 Å². The fourth-order valence-corrected chi connectivity index (χ4v) is 3.68. The number of nitrogens with one attached hydrogen (secondary N) is 1. The van der Waals surface area contributed by atoms with Gasteiger partial charge in [-0.25, -0.2) is 8.42 Å². The first-order valence-electron chi connectivity index (χ1n) is 6.43. The molecular weight excluding hydrogens is 331 g/mol. The van der Waals surface area contributed by atoms with Crippen LogP contribution in [0.25, 0.3) is 0 Å². The summed E-state index contributed by atoms with van der Waals surface area (Å²) < 4.78 is 25.9. The second-order valence-corrected chi connectivity index (χ2v) is 7.28. The Labute approximate surface area is 136 Å². The molecule has 0 aliphatic heterocycles. The lowest BCUT2D eigenvalue weighted by molar-refractivity contribution is 0.503. The monoisotopic (exact) mass is 348 g/mol. The molecule has 1 aromatic rings. The largest absolute Gasteiger partial charge is 0.313 e. The number of hydrogen-bond donors (Lipinski definition) is 1. The molecule has 0 unspecified atom stereocenters. The Morgan fingerprint density at radius 3 is 2.62 bits per heavy atom. The van der Waals surface area contributed by atoms with Gasteiger partial charge in [0.25, 0.3) is 0 Å². The van der Waals surface area contributed by atoms with E-state index in [-0.39, 0.29) is 16.5 Å². The third kappa shape index (κ3) is 4.35. The van der Waals surface area contributed by atoms with E-state index >= 15 is 0 Å². The van der Waals surface area contributed by atoms with Crippen LogP contribution in [0, 0.1) is 12.3 Å². The van der Waals surface area contributed by atoms with E-state index in [2.05, 4.69) is 11.2 Å². The highest BCUT2D eigenvalue weighted by atomic mass is 35.5. The summed E-state index contributed by atoms with van der Waals surface area (Å²) in [7, 11) is -2.32. The van der Waals surface area contributed by atoms with Gasteiger partial charge in [-0.3, -0.25) is 0 Å². The average Bonchev–Trinajstić information content (AvgIpc) is 2.42. The summed E-state index contributed by atoms with van der Waals surface area (Å²) in [5, 5.41) is 3.72. The molecular formula is C14H18Cl2N2O2S. The minimum Gasteiger partial charge on any atom is -0.313 e. The Morgan fingerprint density at radius 2 is 2.05 bits per heavy atom. The van der Waals surface area contributed by atoms with Gasteiger partial charge in [-0.2, -0.15) is 4.31 Å². The van der Waals surface area contributed by atoms with Crippen LogP contribution in [0.2, 0.25) is 10.0 Å². The SMILES string of the molecule is C#CCN(C)S(=O)(=O)c1ccc(Cl)c(CNCCC)c1Cl. The molecule has 0 bridgehead atoms. The second-order valence-electron chi connectivity index (χ2n) is 4.48. The summed E-state index contributed by atoms with van der Waals surface area (Å²) in [4.78, 5) is 0.0135. The van der Waals surface area contributed by atoms with Crippen LogP contribution >= 0.6 is 23.2 Å². The predicted octanol–water partition coefficient (Wildman–Crippen LogP) is 2.75. The fourth-order valence-electron chi connectivity index (χ4n) is 1.71. The molecule has 0 fully saturated rings. The zero-order valence-electron chi connectivity index (χ0n) is 12.0. The molecule has 0 aromatic heterocycles. The third-order valence-corrected chi connectivity index (χ3v) is 5.62. The number of hydrogen-bond acceptors (Lipinski definition) is 3. The van der Waals surface area contributed by atoms with E-state index in [1.165, 1.54) is 19.2 Å². The van der Waals surface area contributed by atoms with Crippen LogP contribution < -0.4 is 5.32 Å². The van der Waals surface area contributed by atoms with Gasteiger partial charge in [0.1, 0.15) is 4.90 Å². The molecule has 0 saturated heterocycles. The van der Waals surface area contributed by atoms with Crippen LogP contribution in [0.5, 0.6) is 0 Å². The van der Waals surface area contributed by atoms with E-state index in [1.807, 2.05) is 6.92 Å². The molecule has 0 spiro atoms. The quantitative estimate of drug-likeness (QED) is 0.608. The maximum atomic E-state index is 12.4. The van der Waals surface area contributed by atoms with Crippen molar-refractivity contribution in [3.63, 3.8) is 0 Å². The van der Waals surface area contributed by atoms with Crippen LogP contribution in [0.4, 0.5) is 0 Å². The highest BCUT2D eigenvalue weighted by Gasteiger charge is 2.25. The van der Waals surface area contributed by atoms with Crippen LogP contribution in [0.3, 0.4) is 0 Å². The molecule has 1 N–H and O–H groups in total. The van der Waals surface area contributed by atoms with E-state index in [0.717, 1.165) is 17.3 Å². The molecule has 0 saturated carbocycles. The molecule has 7 heteroatoms. The van der Waals surface area contributed by atoms with E-state index in [0.29, 0.717) is 17.1 Å². The molecule has 0 aliphatic rings. The highest BCUT2D eigenvalue weighted by molar-refractivity contribution is 7.89. The van der Waals surface area contributed by atoms with E-state index in [4.69, 9.17) is 29.6 Å². The molecule has 1 aromatic carbocycles. The summed E-state index contributed by atoms with van der Waals surface area (Å²) in [6.45, 7) is 3.21. The van der Waals surface area contributed by atoms with Crippen molar-refractivity contribution in [2.75, 3.05) is 20.1 Å². The Bertz CT molecular complexity index is 639. The fraction of sp³-hybridized carbons (Fsp3) is 0.429. The maximum Gasteiger partial charge on any atom is 0.245 e. The number of sulfonamides is 1. The topological polar surface area (TPSA) is 49.4 Å². The smallest absolute Gasteiger partial charge is 0.245 e. The summed E-state index contributed by atoms with van der Waals surface area (Å²) in [6, 6.07) is 2.93. The van der Waals surface area contributed by atoms with Gasteiger partial charge >= 0.3 is 0 Å². The molecule has 21 heavy (non-hydrogen) atoms. The molecule has 116 valence electrons. The molecule has 0 heterocycles. The standard InChI is InChI=1S/C14H18Cl2N2O2S/c1-4-8-17-10-11-12(15)6-7-13(14(11)16)21(19,20)18(3)9-5-2/h2,6-7,17H,4,8-10H2,1,3H3. The van der Waals surface area contributed by atoms with Crippen molar-refractivity contribution < 1.29 is 8.42 Å². The van der Waals surface area contributed by atoms with Gasteiger partial charge in [0.05, 0.1) is 11.6 Å². The lowest BCUT2D eigenvalue weighted by Crippen LogP contribution is -2.28. The summed E-state index contributed by atoms with van der Waals surface area (Å²) >= 11 is 12.3. The molecule has 0 aliphatic carbocycles. The van der Waals surface area contributed by atoms with Gasteiger partial charge in [0.2, 0.25) is 10.0 Å². The third-order valence-electron chi connectivity index (χ3n) is 2.88. The lowest BCUT2D eigenvalue weighted by Gasteiger charge is -2.17. The normalized spacial score (nSPS) is 11.6. The van der Waals surface area contributed by atoms with Crippen molar-refractivity contribution in [2.45, 2.75) is 24.8 Å². The Morgan fingerprint density at radius 1 is 1.38 bits per heavy atom. The maximum absolute atomic E-state index is 12.4. The van der Waals surface area contributed by atoms with Crippen LogP contribution in [-0.2, 0) is 16.6 Å². The molecule has 0 atom stereocenters. The Balaban J connectivity index is 3.21. The molecule has 1 rings (SSSR count). The number of halogens is 2. The summed E-state index contributed by atoms with van der Waals surface area (Å²) in [5.74, 6) is 2.30. The van der Waals surface area contributed by atoms with Crippen molar-refractivity contribution in [3.8, 4) is 12.3 Å². The molecule has 4 nitrogen and oxygen atoms in total. The number of rotatable bonds is 7. The predicted molar refractivity (Wildman–Crippen MR) is 87.1 cm³/mol. The minimum absolute atomic E-state index is 0.0135. The second kappa shape index (κ2) is 8.02. The van der Waals surface area contributed by atoms with Crippen molar-refractivity contribution >= 4 is 33.2 Å². The van der Waals surface area contributed by atoms with Gasteiger partial charge in [-0.15, -0.1) is 6.42 Å². The van der Waals surface area contributed by atoms with Gasteiger partial charge < -0.3 is 5.32 Å². The highest BCUT2D eigenvalue weighted by Crippen LogP contribution is 2.32. The minimum atomic E-state index is -3.73. The molecule has 0 amide bonds. The number of terminal acetylenes is 1.